The van der Waals surface area contributed by atoms with Gasteiger partial charge in [-0.25, -0.2) is 0 Å². The predicted octanol–water partition coefficient (Wildman–Crippen LogP) is 2.67. The molecule has 1 amide bonds. The van der Waals surface area contributed by atoms with Crippen molar-refractivity contribution in [1.29, 1.82) is 0 Å². The van der Waals surface area contributed by atoms with Gasteiger partial charge in [0.15, 0.2) is 0 Å². The number of carbonyl (C=O) groups is 1. The van der Waals surface area contributed by atoms with Crippen LogP contribution >= 0.6 is 0 Å². The van der Waals surface area contributed by atoms with Crippen molar-refractivity contribution in [3.63, 3.8) is 0 Å². The van der Waals surface area contributed by atoms with Gasteiger partial charge in [-0.1, -0.05) is 39.5 Å². The number of unbranched alkanes of at least 4 members (excludes halogenated alkanes) is 4. The van der Waals surface area contributed by atoms with Crippen molar-refractivity contribution >= 4 is 11.6 Å². The Labute approximate surface area is 122 Å². The summed E-state index contributed by atoms with van der Waals surface area (Å²) in [6, 6.07) is 0. The minimum atomic E-state index is 0.139. The highest BCUT2D eigenvalue weighted by Gasteiger charge is 2.13. The van der Waals surface area contributed by atoms with E-state index in [4.69, 9.17) is 5.73 Å². The Hall–Kier alpha value is -1.52. The van der Waals surface area contributed by atoms with Gasteiger partial charge in [0.25, 0.3) is 0 Å². The molecule has 1 aromatic rings. The number of nitrogens with two attached hydrogens (primary N) is 1. The first-order chi connectivity index (χ1) is 9.67. The molecule has 5 heteroatoms. The fraction of sp³-hybridized carbons (Fsp3) is 0.733. The second-order valence-electron chi connectivity index (χ2n) is 5.27. The minimum Gasteiger partial charge on any atom is -0.396 e. The summed E-state index contributed by atoms with van der Waals surface area (Å²) in [4.78, 5) is 14.3. The van der Waals surface area contributed by atoms with Crippen LogP contribution < -0.4 is 5.73 Å². The van der Waals surface area contributed by atoms with Crippen molar-refractivity contribution in [2.45, 2.75) is 58.9 Å². The average Bonchev–Trinajstić information content (AvgIpc) is 2.82. The smallest absolute Gasteiger partial charge is 0.244 e. The lowest BCUT2D eigenvalue weighted by atomic mass is 10.2. The lowest BCUT2D eigenvalue weighted by Gasteiger charge is -2.22. The maximum Gasteiger partial charge on any atom is 0.244 e. The molecule has 0 aliphatic rings. The first kappa shape index (κ1) is 16.5. The Morgan fingerprint density at radius 2 is 1.80 bits per heavy atom. The molecule has 1 aromatic heterocycles. The van der Waals surface area contributed by atoms with E-state index in [0.717, 1.165) is 25.9 Å². The first-order valence-electron chi connectivity index (χ1n) is 7.73. The normalized spacial score (nSPS) is 10.7. The van der Waals surface area contributed by atoms with Crippen molar-refractivity contribution in [3.05, 3.63) is 12.4 Å². The molecule has 1 rings (SSSR count). The zero-order valence-corrected chi connectivity index (χ0v) is 12.8. The van der Waals surface area contributed by atoms with Gasteiger partial charge < -0.3 is 10.6 Å². The number of aromatic nitrogens is 2. The van der Waals surface area contributed by atoms with Crippen LogP contribution in [0.1, 0.15) is 52.4 Å². The van der Waals surface area contributed by atoms with Gasteiger partial charge in [-0.2, -0.15) is 5.10 Å². The first-order valence-corrected chi connectivity index (χ1v) is 7.73. The van der Waals surface area contributed by atoms with E-state index in [1.807, 2.05) is 4.90 Å². The van der Waals surface area contributed by atoms with E-state index in [-0.39, 0.29) is 12.5 Å². The molecule has 0 unspecified atom stereocenters. The van der Waals surface area contributed by atoms with Crippen LogP contribution in [-0.2, 0) is 11.3 Å². The summed E-state index contributed by atoms with van der Waals surface area (Å²) in [7, 11) is 0. The largest absolute Gasteiger partial charge is 0.396 e. The molecule has 0 aliphatic carbocycles. The van der Waals surface area contributed by atoms with Crippen molar-refractivity contribution in [1.82, 2.24) is 14.7 Å². The zero-order valence-electron chi connectivity index (χ0n) is 12.8. The molecule has 0 radical (unpaired) electrons. The summed E-state index contributed by atoms with van der Waals surface area (Å²) in [5.74, 6) is 0.139. The van der Waals surface area contributed by atoms with Crippen LogP contribution in [0.3, 0.4) is 0 Å². The molecule has 1 heterocycles. The third-order valence-corrected chi connectivity index (χ3v) is 3.37. The molecule has 0 fully saturated rings. The van der Waals surface area contributed by atoms with Gasteiger partial charge in [0.1, 0.15) is 6.54 Å². The Morgan fingerprint density at radius 1 is 1.20 bits per heavy atom. The van der Waals surface area contributed by atoms with Gasteiger partial charge in [-0.3, -0.25) is 9.48 Å². The van der Waals surface area contributed by atoms with E-state index in [9.17, 15) is 4.79 Å². The second kappa shape index (κ2) is 9.39. The summed E-state index contributed by atoms with van der Waals surface area (Å²) in [6.07, 6.45) is 10.1. The van der Waals surface area contributed by atoms with E-state index in [1.54, 1.807) is 17.1 Å². The second-order valence-corrected chi connectivity index (χ2v) is 5.27. The van der Waals surface area contributed by atoms with Gasteiger partial charge in [0.2, 0.25) is 5.91 Å². The molecule has 0 atom stereocenters. The molecule has 2 N–H and O–H groups in total. The summed E-state index contributed by atoms with van der Waals surface area (Å²) >= 11 is 0. The third-order valence-electron chi connectivity index (χ3n) is 3.37. The third kappa shape index (κ3) is 6.08. The van der Waals surface area contributed by atoms with E-state index in [1.165, 1.54) is 25.7 Å². The Morgan fingerprint density at radius 3 is 2.25 bits per heavy atom. The van der Waals surface area contributed by atoms with Crippen molar-refractivity contribution in [2.24, 2.45) is 0 Å². The molecule has 0 saturated heterocycles. The summed E-state index contributed by atoms with van der Waals surface area (Å²) < 4.78 is 1.62. The molecule has 114 valence electrons. The molecule has 0 bridgehead atoms. The standard InChI is InChI=1S/C15H28N4O/c1-3-5-7-9-18(10-8-6-4-2)15(20)13-19-12-14(16)11-17-19/h11-12H,3-10,13,16H2,1-2H3. The van der Waals surface area contributed by atoms with Crippen LogP contribution in [-0.4, -0.2) is 33.7 Å². The molecule has 0 saturated carbocycles. The van der Waals surface area contributed by atoms with Gasteiger partial charge in [0.05, 0.1) is 11.9 Å². The van der Waals surface area contributed by atoms with E-state index in [0.29, 0.717) is 5.69 Å². The quantitative estimate of drug-likeness (QED) is 0.670. The van der Waals surface area contributed by atoms with Gasteiger partial charge >= 0.3 is 0 Å². The Kier molecular flexibility index (Phi) is 7.77. The highest BCUT2D eigenvalue weighted by atomic mass is 16.2. The number of anilines is 1. The number of rotatable bonds is 10. The summed E-state index contributed by atoms with van der Waals surface area (Å²) in [5, 5.41) is 4.08. The maximum atomic E-state index is 12.3. The lowest BCUT2D eigenvalue weighted by Crippen LogP contribution is -2.35. The molecular formula is C15H28N4O. The molecule has 20 heavy (non-hydrogen) atoms. The summed E-state index contributed by atoms with van der Waals surface area (Å²) in [6.45, 7) is 6.35. The number of carbonyl (C=O) groups excluding carboxylic acids is 1. The van der Waals surface area contributed by atoms with E-state index < -0.39 is 0 Å². The molecule has 0 aromatic carbocycles. The van der Waals surface area contributed by atoms with E-state index >= 15 is 0 Å². The molecule has 0 spiro atoms. The van der Waals surface area contributed by atoms with Crippen LogP contribution in [0.15, 0.2) is 12.4 Å². The van der Waals surface area contributed by atoms with Gasteiger partial charge in [-0.15, -0.1) is 0 Å². The van der Waals surface area contributed by atoms with Crippen LogP contribution in [0.2, 0.25) is 0 Å². The van der Waals surface area contributed by atoms with Gasteiger partial charge in [-0.05, 0) is 12.8 Å². The fourth-order valence-electron chi connectivity index (χ4n) is 2.17. The highest BCUT2D eigenvalue weighted by molar-refractivity contribution is 5.75. The Bertz CT molecular complexity index is 379. The van der Waals surface area contributed by atoms with Crippen molar-refractivity contribution in [2.75, 3.05) is 18.8 Å². The van der Waals surface area contributed by atoms with E-state index in [2.05, 4.69) is 18.9 Å². The summed E-state index contributed by atoms with van der Waals surface area (Å²) in [5.41, 5.74) is 6.22. The number of hydrogen-bond donors (Lipinski definition) is 1. The van der Waals surface area contributed by atoms with Crippen molar-refractivity contribution in [3.8, 4) is 0 Å². The van der Waals surface area contributed by atoms with Crippen molar-refractivity contribution < 1.29 is 4.79 Å². The minimum absolute atomic E-state index is 0.139. The number of amides is 1. The molecule has 5 nitrogen and oxygen atoms in total. The van der Waals surface area contributed by atoms with Crippen LogP contribution in [0.5, 0.6) is 0 Å². The topological polar surface area (TPSA) is 64.2 Å². The lowest BCUT2D eigenvalue weighted by molar-refractivity contribution is -0.132. The zero-order chi connectivity index (χ0) is 14.8. The number of hydrogen-bond acceptors (Lipinski definition) is 3. The van der Waals surface area contributed by atoms with Crippen LogP contribution in [0.4, 0.5) is 5.69 Å². The van der Waals surface area contributed by atoms with Gasteiger partial charge in [0, 0.05) is 19.3 Å². The SMILES string of the molecule is CCCCCN(CCCCC)C(=O)Cn1cc(N)cn1. The average molecular weight is 280 g/mol. The number of nitrogen functional groups attached to an aromatic ring is 1. The maximum absolute atomic E-state index is 12.3. The van der Waals surface area contributed by atoms with Crippen LogP contribution in [0, 0.1) is 0 Å². The van der Waals surface area contributed by atoms with Crippen LogP contribution in [0.25, 0.3) is 0 Å². The number of nitrogens with zero attached hydrogens (tertiary/aromatic N) is 3. The fourth-order valence-corrected chi connectivity index (χ4v) is 2.17. The monoisotopic (exact) mass is 280 g/mol. The predicted molar refractivity (Wildman–Crippen MR) is 82.3 cm³/mol. The highest BCUT2D eigenvalue weighted by Crippen LogP contribution is 2.05. The Balaban J connectivity index is 2.48. The molecule has 0 aliphatic heterocycles. The molecular weight excluding hydrogens is 252 g/mol.